The van der Waals surface area contributed by atoms with Gasteiger partial charge in [0.15, 0.2) is 0 Å². The highest BCUT2D eigenvalue weighted by atomic mass is 16.5. The lowest BCUT2D eigenvalue weighted by Gasteiger charge is -2.41. The van der Waals surface area contributed by atoms with Gasteiger partial charge < -0.3 is 35.7 Å². The van der Waals surface area contributed by atoms with Crippen LogP contribution < -0.4 is 11.1 Å². The summed E-state index contributed by atoms with van der Waals surface area (Å²) >= 11 is 0. The van der Waals surface area contributed by atoms with Crippen LogP contribution in [0.4, 0.5) is 0 Å². The molecule has 41 heavy (non-hydrogen) atoms. The molecule has 13 heteroatoms. The number of piperazine rings is 1. The number of para-hydroxylation sites is 1. The van der Waals surface area contributed by atoms with Crippen molar-refractivity contribution < 1.29 is 33.8 Å². The molecular formula is C28H30N6O7. The molecular weight excluding hydrogens is 532 g/mol. The van der Waals surface area contributed by atoms with E-state index in [1.54, 1.807) is 6.20 Å². The number of amidine groups is 1. The van der Waals surface area contributed by atoms with E-state index in [0.717, 1.165) is 28.5 Å². The number of benzene rings is 2. The third-order valence-corrected chi connectivity index (χ3v) is 6.94. The number of fused-ring (bicyclic) bond motifs is 1. The zero-order valence-electron chi connectivity index (χ0n) is 22.3. The molecule has 1 fully saturated rings. The van der Waals surface area contributed by atoms with E-state index in [4.69, 9.17) is 15.9 Å². The number of hydrogen-bond acceptors (Lipinski definition) is 7. The Bertz CT molecular complexity index is 1500. The van der Waals surface area contributed by atoms with Crippen LogP contribution in [0, 0.1) is 5.41 Å². The number of aliphatic carboxylic acids is 1. The van der Waals surface area contributed by atoms with Crippen molar-refractivity contribution in [3.63, 3.8) is 0 Å². The predicted molar refractivity (Wildman–Crippen MR) is 147 cm³/mol. The Hall–Kier alpha value is -5.20. The molecule has 6 N–H and O–H groups in total. The number of rotatable bonds is 10. The zero-order chi connectivity index (χ0) is 29.7. The standard InChI is InChI=1S/C28H30N6O7/c1-41-24(37)13-22-28(40)33(15-23(35)36)10-11-34(22)27(39)21(12-18-14-31-20-5-3-2-4-19(18)20)32-26(38)17-8-6-16(7-9-17)25(29)30/h2-9,14,21-22,31H,10-13,15H2,1H3,(H3,29,30)(H,32,38)(H,35,36)/t21-,22-/m0/s1. The van der Waals surface area contributed by atoms with E-state index < -0.39 is 54.7 Å². The van der Waals surface area contributed by atoms with Crippen molar-refractivity contribution in [1.82, 2.24) is 20.1 Å². The van der Waals surface area contributed by atoms with Gasteiger partial charge in [0.25, 0.3) is 5.91 Å². The lowest BCUT2D eigenvalue weighted by molar-refractivity contribution is -0.159. The van der Waals surface area contributed by atoms with Gasteiger partial charge in [-0.1, -0.05) is 30.3 Å². The molecule has 2 aromatic carbocycles. The number of carbonyl (C=O) groups is 5. The molecule has 0 spiro atoms. The maximum atomic E-state index is 14.0. The molecule has 0 saturated carbocycles. The van der Waals surface area contributed by atoms with Crippen LogP contribution in [0.2, 0.25) is 0 Å². The Morgan fingerprint density at radius 3 is 2.46 bits per heavy atom. The highest BCUT2D eigenvalue weighted by Gasteiger charge is 2.42. The average Bonchev–Trinajstić information content (AvgIpc) is 3.36. The smallest absolute Gasteiger partial charge is 0.323 e. The number of nitrogens with two attached hydrogens (primary N) is 1. The normalized spacial score (nSPS) is 15.8. The molecule has 3 aromatic rings. The van der Waals surface area contributed by atoms with Crippen molar-refractivity contribution in [2.45, 2.75) is 24.9 Å². The molecule has 1 aromatic heterocycles. The van der Waals surface area contributed by atoms with Gasteiger partial charge in [0.1, 0.15) is 24.5 Å². The van der Waals surface area contributed by atoms with E-state index in [9.17, 15) is 29.1 Å². The number of aromatic nitrogens is 1. The number of nitrogen functional groups attached to an aromatic ring is 1. The van der Waals surface area contributed by atoms with Crippen LogP contribution in [0.3, 0.4) is 0 Å². The summed E-state index contributed by atoms with van der Waals surface area (Å²) in [6.45, 7) is -0.688. The Balaban J connectivity index is 1.66. The number of carboxylic acid groups (broad SMARTS) is 1. The zero-order valence-corrected chi connectivity index (χ0v) is 22.3. The first-order valence-electron chi connectivity index (χ1n) is 12.8. The van der Waals surface area contributed by atoms with Gasteiger partial charge in [0.2, 0.25) is 11.8 Å². The second-order valence-corrected chi connectivity index (χ2v) is 9.56. The summed E-state index contributed by atoms with van der Waals surface area (Å²) < 4.78 is 4.73. The summed E-state index contributed by atoms with van der Waals surface area (Å²) in [5, 5.41) is 20.4. The number of ether oxygens (including phenoxy) is 1. The van der Waals surface area contributed by atoms with E-state index in [1.807, 2.05) is 24.3 Å². The topological polar surface area (TPSA) is 199 Å². The number of amides is 3. The number of aromatic amines is 1. The molecule has 2 atom stereocenters. The number of carboxylic acids is 1. The second-order valence-electron chi connectivity index (χ2n) is 9.56. The van der Waals surface area contributed by atoms with E-state index in [2.05, 4.69) is 10.3 Å². The van der Waals surface area contributed by atoms with Gasteiger partial charge in [-0.25, -0.2) is 0 Å². The number of hydrogen-bond donors (Lipinski definition) is 5. The molecule has 1 saturated heterocycles. The quantitative estimate of drug-likeness (QED) is 0.133. The fourth-order valence-electron chi connectivity index (χ4n) is 4.82. The second kappa shape index (κ2) is 12.3. The Morgan fingerprint density at radius 1 is 1.12 bits per heavy atom. The number of H-pyrrole nitrogens is 1. The van der Waals surface area contributed by atoms with Gasteiger partial charge in [0.05, 0.1) is 13.5 Å². The van der Waals surface area contributed by atoms with Crippen LogP contribution in [-0.4, -0.2) is 94.2 Å². The van der Waals surface area contributed by atoms with E-state index >= 15 is 0 Å². The number of carbonyl (C=O) groups excluding carboxylic acids is 4. The SMILES string of the molecule is COC(=O)C[C@H]1C(=O)N(CC(=O)O)CCN1C(=O)[C@H](Cc1c[nH]c2ccccc12)NC(=O)c1ccc(C(=N)N)cc1. The summed E-state index contributed by atoms with van der Waals surface area (Å²) in [5.74, 6) is -4.02. The summed E-state index contributed by atoms with van der Waals surface area (Å²) in [6, 6.07) is 11.0. The van der Waals surface area contributed by atoms with Gasteiger partial charge in [-0.3, -0.25) is 29.4 Å². The van der Waals surface area contributed by atoms with E-state index in [1.165, 1.54) is 29.2 Å². The minimum absolute atomic E-state index is 0.0485. The van der Waals surface area contributed by atoms with Gasteiger partial charge in [0, 0.05) is 47.7 Å². The molecule has 0 bridgehead atoms. The van der Waals surface area contributed by atoms with Crippen LogP contribution >= 0.6 is 0 Å². The minimum atomic E-state index is -1.31. The van der Waals surface area contributed by atoms with Gasteiger partial charge in [-0.15, -0.1) is 0 Å². The molecule has 0 unspecified atom stereocenters. The third kappa shape index (κ3) is 6.52. The first-order chi connectivity index (χ1) is 19.6. The van der Waals surface area contributed by atoms with Gasteiger partial charge >= 0.3 is 11.9 Å². The number of nitrogens with zero attached hydrogens (tertiary/aromatic N) is 2. The summed E-state index contributed by atoms with van der Waals surface area (Å²) in [7, 11) is 1.15. The fourth-order valence-corrected chi connectivity index (χ4v) is 4.82. The van der Waals surface area contributed by atoms with Crippen molar-refractivity contribution in [2.24, 2.45) is 5.73 Å². The monoisotopic (exact) mass is 562 g/mol. The summed E-state index contributed by atoms with van der Waals surface area (Å²) in [4.78, 5) is 69.4. The van der Waals surface area contributed by atoms with Gasteiger partial charge in [-0.2, -0.15) is 0 Å². The summed E-state index contributed by atoms with van der Waals surface area (Å²) in [5.41, 5.74) is 7.73. The first-order valence-corrected chi connectivity index (χ1v) is 12.8. The van der Waals surface area contributed by atoms with E-state index in [-0.39, 0.29) is 30.9 Å². The fraction of sp³-hybridized carbons (Fsp3) is 0.286. The molecule has 0 aliphatic carbocycles. The molecule has 2 heterocycles. The average molecular weight is 563 g/mol. The number of methoxy groups -OCH3 is 1. The van der Waals surface area contributed by atoms with Crippen LogP contribution in [0.25, 0.3) is 10.9 Å². The van der Waals surface area contributed by atoms with Crippen molar-refractivity contribution in [2.75, 3.05) is 26.7 Å². The van der Waals surface area contributed by atoms with Crippen molar-refractivity contribution in [1.29, 1.82) is 5.41 Å². The van der Waals surface area contributed by atoms with Crippen molar-refractivity contribution >= 4 is 46.4 Å². The first kappa shape index (κ1) is 28.8. The molecule has 1 aliphatic heterocycles. The highest BCUT2D eigenvalue weighted by molar-refractivity contribution is 6.01. The molecule has 0 radical (unpaired) electrons. The largest absolute Gasteiger partial charge is 0.480 e. The summed E-state index contributed by atoms with van der Waals surface area (Å²) in [6.07, 6.45) is 1.33. The Morgan fingerprint density at radius 2 is 1.80 bits per heavy atom. The number of nitrogens with one attached hydrogen (secondary N) is 3. The van der Waals surface area contributed by atoms with Crippen LogP contribution in [0.5, 0.6) is 0 Å². The maximum absolute atomic E-state index is 14.0. The molecule has 1 aliphatic rings. The van der Waals surface area contributed by atoms with Crippen molar-refractivity contribution in [3.05, 3.63) is 71.4 Å². The minimum Gasteiger partial charge on any atom is -0.480 e. The van der Waals surface area contributed by atoms with Gasteiger partial charge in [-0.05, 0) is 23.8 Å². The van der Waals surface area contributed by atoms with Crippen LogP contribution in [0.15, 0.2) is 54.7 Å². The molecule has 13 nitrogen and oxygen atoms in total. The number of esters is 1. The maximum Gasteiger partial charge on any atom is 0.323 e. The third-order valence-electron chi connectivity index (χ3n) is 6.94. The Labute approximate surface area is 234 Å². The van der Waals surface area contributed by atoms with Crippen LogP contribution in [-0.2, 0) is 30.3 Å². The van der Waals surface area contributed by atoms with E-state index in [0.29, 0.717) is 5.56 Å². The lowest BCUT2D eigenvalue weighted by atomic mass is 10.00. The van der Waals surface area contributed by atoms with Crippen molar-refractivity contribution in [3.8, 4) is 0 Å². The lowest BCUT2D eigenvalue weighted by Crippen LogP contribution is -2.63. The molecule has 214 valence electrons. The Kier molecular flexibility index (Phi) is 8.66. The predicted octanol–water partition coefficient (Wildman–Crippen LogP) is 0.480. The highest BCUT2D eigenvalue weighted by Crippen LogP contribution is 2.22. The molecule has 3 amide bonds. The molecule has 4 rings (SSSR count). The van der Waals surface area contributed by atoms with Crippen LogP contribution in [0.1, 0.15) is 27.9 Å².